The molecule has 0 unspecified atom stereocenters. The molecule has 1 amide bonds. The predicted molar refractivity (Wildman–Crippen MR) is 87.3 cm³/mol. The van der Waals surface area contributed by atoms with Crippen LogP contribution in [-0.4, -0.2) is 29.4 Å². The van der Waals surface area contributed by atoms with Gasteiger partial charge >= 0.3 is 0 Å². The van der Waals surface area contributed by atoms with Gasteiger partial charge in [-0.1, -0.05) is 17.7 Å². The van der Waals surface area contributed by atoms with E-state index >= 15 is 0 Å². The Morgan fingerprint density at radius 1 is 1.36 bits per heavy atom. The van der Waals surface area contributed by atoms with Crippen molar-refractivity contribution in [2.24, 2.45) is 5.92 Å². The number of rotatable bonds is 3. The number of hydrogen-bond donors (Lipinski definition) is 1. The highest BCUT2D eigenvalue weighted by Gasteiger charge is 2.27. The Bertz CT molecular complexity index is 514. The molecule has 0 bridgehead atoms. The second kappa shape index (κ2) is 6.97. The SMILES string of the molecule is CC(C)(C)NC(=O)C1CCN(Cc2c(F)cccc2Cl)CC1. The fourth-order valence-electron chi connectivity index (χ4n) is 2.73. The van der Waals surface area contributed by atoms with Gasteiger partial charge in [0.05, 0.1) is 0 Å². The van der Waals surface area contributed by atoms with Gasteiger partial charge in [0.1, 0.15) is 5.82 Å². The topological polar surface area (TPSA) is 32.3 Å². The van der Waals surface area contributed by atoms with Crippen molar-refractivity contribution in [3.63, 3.8) is 0 Å². The quantitative estimate of drug-likeness (QED) is 0.920. The summed E-state index contributed by atoms with van der Waals surface area (Å²) in [6.45, 7) is 8.03. The molecule has 22 heavy (non-hydrogen) atoms. The number of hydrogen-bond acceptors (Lipinski definition) is 2. The third kappa shape index (κ3) is 4.68. The van der Waals surface area contributed by atoms with E-state index in [0.29, 0.717) is 17.1 Å². The van der Waals surface area contributed by atoms with E-state index < -0.39 is 0 Å². The summed E-state index contributed by atoms with van der Waals surface area (Å²) < 4.78 is 13.8. The van der Waals surface area contributed by atoms with Crippen LogP contribution in [0.2, 0.25) is 5.02 Å². The largest absolute Gasteiger partial charge is 0.351 e. The molecule has 3 nitrogen and oxygen atoms in total. The summed E-state index contributed by atoms with van der Waals surface area (Å²) in [5, 5.41) is 3.50. The smallest absolute Gasteiger partial charge is 0.223 e. The molecule has 5 heteroatoms. The predicted octanol–water partition coefficient (Wildman–Crippen LogP) is 3.61. The summed E-state index contributed by atoms with van der Waals surface area (Å²) in [5.41, 5.74) is 0.344. The van der Waals surface area contributed by atoms with Crippen molar-refractivity contribution in [3.05, 3.63) is 34.6 Å². The monoisotopic (exact) mass is 326 g/mol. The number of carbonyl (C=O) groups excluding carboxylic acids is 1. The number of likely N-dealkylation sites (tertiary alicyclic amines) is 1. The fraction of sp³-hybridized carbons (Fsp3) is 0.588. The third-order valence-corrected chi connectivity index (χ3v) is 4.25. The minimum absolute atomic E-state index is 0.0477. The number of carbonyl (C=O) groups is 1. The molecule has 0 aromatic heterocycles. The first-order valence-corrected chi connectivity index (χ1v) is 8.11. The molecule has 0 aliphatic carbocycles. The Balaban J connectivity index is 1.89. The van der Waals surface area contributed by atoms with Gasteiger partial charge in [-0.2, -0.15) is 0 Å². The maximum Gasteiger partial charge on any atom is 0.223 e. The van der Waals surface area contributed by atoms with Crippen molar-refractivity contribution in [2.75, 3.05) is 13.1 Å². The Morgan fingerprint density at radius 3 is 2.55 bits per heavy atom. The van der Waals surface area contributed by atoms with Crippen molar-refractivity contribution in [1.82, 2.24) is 10.2 Å². The number of nitrogens with zero attached hydrogens (tertiary/aromatic N) is 1. The molecular weight excluding hydrogens is 303 g/mol. The van der Waals surface area contributed by atoms with Crippen molar-refractivity contribution < 1.29 is 9.18 Å². The van der Waals surface area contributed by atoms with Gasteiger partial charge in [0.15, 0.2) is 0 Å². The minimum Gasteiger partial charge on any atom is -0.351 e. The first-order valence-electron chi connectivity index (χ1n) is 7.73. The molecule has 1 heterocycles. The highest BCUT2D eigenvalue weighted by molar-refractivity contribution is 6.31. The van der Waals surface area contributed by atoms with Crippen molar-refractivity contribution in [2.45, 2.75) is 45.7 Å². The van der Waals surface area contributed by atoms with Crippen molar-refractivity contribution in [3.8, 4) is 0 Å². The molecule has 1 aromatic carbocycles. The normalized spacial score (nSPS) is 17.5. The van der Waals surface area contributed by atoms with Crippen molar-refractivity contribution >= 4 is 17.5 Å². The Labute approximate surface area is 136 Å². The summed E-state index contributed by atoms with van der Waals surface area (Å²) in [5.74, 6) is -0.0947. The molecule has 0 saturated carbocycles. The highest BCUT2D eigenvalue weighted by Crippen LogP contribution is 2.24. The zero-order valence-electron chi connectivity index (χ0n) is 13.5. The summed E-state index contributed by atoms with van der Waals surface area (Å²) in [6.07, 6.45) is 1.60. The van der Waals surface area contributed by atoms with Crippen LogP contribution in [0, 0.1) is 11.7 Å². The van der Waals surface area contributed by atoms with Gasteiger partial charge in [-0.15, -0.1) is 0 Å². The molecule has 0 spiro atoms. The van der Waals surface area contributed by atoms with Crippen LogP contribution < -0.4 is 5.32 Å². The average molecular weight is 327 g/mol. The molecule has 1 aromatic rings. The van der Waals surface area contributed by atoms with Gasteiger partial charge in [-0.05, 0) is 58.8 Å². The zero-order valence-corrected chi connectivity index (χ0v) is 14.2. The van der Waals surface area contributed by atoms with Crippen LogP contribution in [0.3, 0.4) is 0 Å². The molecule has 1 saturated heterocycles. The number of amides is 1. The molecular formula is C17H24ClFN2O. The van der Waals surface area contributed by atoms with Crippen LogP contribution in [0.5, 0.6) is 0 Å². The minimum atomic E-state index is -0.264. The fourth-order valence-corrected chi connectivity index (χ4v) is 2.95. The van der Waals surface area contributed by atoms with E-state index in [-0.39, 0.29) is 23.2 Å². The molecule has 1 aliphatic heterocycles. The third-order valence-electron chi connectivity index (χ3n) is 3.90. The van der Waals surface area contributed by atoms with E-state index in [1.54, 1.807) is 12.1 Å². The average Bonchev–Trinajstić information content (AvgIpc) is 2.42. The van der Waals surface area contributed by atoms with Gasteiger partial charge in [-0.25, -0.2) is 4.39 Å². The molecule has 1 N–H and O–H groups in total. The maximum absolute atomic E-state index is 13.8. The number of nitrogens with one attached hydrogen (secondary N) is 1. The van der Waals surface area contributed by atoms with E-state index in [1.807, 2.05) is 20.8 Å². The molecule has 1 aliphatic rings. The summed E-state index contributed by atoms with van der Waals surface area (Å²) in [6, 6.07) is 4.76. The van der Waals surface area contributed by atoms with Crippen LogP contribution >= 0.6 is 11.6 Å². The van der Waals surface area contributed by atoms with Crippen LogP contribution in [-0.2, 0) is 11.3 Å². The lowest BCUT2D eigenvalue weighted by molar-refractivity contribution is -0.127. The first kappa shape index (κ1) is 17.2. The Morgan fingerprint density at radius 2 is 2.00 bits per heavy atom. The van der Waals surface area contributed by atoms with Gasteiger partial charge in [0.25, 0.3) is 0 Å². The van der Waals surface area contributed by atoms with E-state index in [9.17, 15) is 9.18 Å². The number of benzene rings is 1. The molecule has 2 rings (SSSR count). The lowest BCUT2D eigenvalue weighted by atomic mass is 9.94. The lowest BCUT2D eigenvalue weighted by Gasteiger charge is -2.33. The second-order valence-corrected chi connectivity index (χ2v) is 7.40. The van der Waals surface area contributed by atoms with Crippen LogP contribution in [0.1, 0.15) is 39.2 Å². The number of piperidine rings is 1. The standard InChI is InChI=1S/C17H24ClFN2O/c1-17(2,3)20-16(22)12-7-9-21(10-8-12)11-13-14(18)5-4-6-15(13)19/h4-6,12H,7-11H2,1-3H3,(H,20,22). The van der Waals surface area contributed by atoms with Crippen LogP contribution in [0.4, 0.5) is 4.39 Å². The molecule has 0 atom stereocenters. The van der Waals surface area contributed by atoms with Gasteiger partial charge in [0, 0.05) is 28.6 Å². The first-order chi connectivity index (χ1) is 10.3. The number of halogens is 2. The summed E-state index contributed by atoms with van der Waals surface area (Å²) >= 11 is 6.07. The molecule has 1 fully saturated rings. The van der Waals surface area contributed by atoms with Crippen molar-refractivity contribution in [1.29, 1.82) is 0 Å². The van der Waals surface area contributed by atoms with E-state index in [4.69, 9.17) is 11.6 Å². The van der Waals surface area contributed by atoms with Crippen LogP contribution in [0.25, 0.3) is 0 Å². The maximum atomic E-state index is 13.8. The lowest BCUT2D eigenvalue weighted by Crippen LogP contribution is -2.46. The molecule has 0 radical (unpaired) electrons. The second-order valence-electron chi connectivity index (χ2n) is 6.99. The molecule has 122 valence electrons. The Hall–Kier alpha value is -1.13. The van der Waals surface area contributed by atoms with E-state index in [2.05, 4.69) is 10.2 Å². The zero-order chi connectivity index (χ0) is 16.3. The van der Waals surface area contributed by atoms with E-state index in [1.165, 1.54) is 6.07 Å². The van der Waals surface area contributed by atoms with Gasteiger partial charge in [0.2, 0.25) is 5.91 Å². The Kier molecular flexibility index (Phi) is 5.45. The van der Waals surface area contributed by atoms with Gasteiger partial charge in [-0.3, -0.25) is 9.69 Å². The van der Waals surface area contributed by atoms with E-state index in [0.717, 1.165) is 25.9 Å². The highest BCUT2D eigenvalue weighted by atomic mass is 35.5. The van der Waals surface area contributed by atoms with Gasteiger partial charge < -0.3 is 5.32 Å². The summed E-state index contributed by atoms with van der Waals surface area (Å²) in [7, 11) is 0. The summed E-state index contributed by atoms with van der Waals surface area (Å²) in [4.78, 5) is 14.3. The van der Waals surface area contributed by atoms with Crippen LogP contribution in [0.15, 0.2) is 18.2 Å².